The maximum Gasteiger partial charge on any atom is 0.321 e. The fourth-order valence-electron chi connectivity index (χ4n) is 2.48. The van der Waals surface area contributed by atoms with Gasteiger partial charge in [0.15, 0.2) is 0 Å². The summed E-state index contributed by atoms with van der Waals surface area (Å²) in [5, 5.41) is 13.5. The molecular formula is C14H17N5OS. The number of para-hydroxylation sites is 1. The van der Waals surface area contributed by atoms with Crippen LogP contribution in [0, 0.1) is 5.92 Å². The van der Waals surface area contributed by atoms with Gasteiger partial charge in [-0.1, -0.05) is 29.5 Å². The number of nitrogens with one attached hydrogen (secondary N) is 2. The molecule has 21 heavy (non-hydrogen) atoms. The highest BCUT2D eigenvalue weighted by Gasteiger charge is 2.22. The quantitative estimate of drug-likeness (QED) is 0.908. The van der Waals surface area contributed by atoms with Crippen LogP contribution in [-0.4, -0.2) is 35.9 Å². The Morgan fingerprint density at radius 2 is 2.24 bits per heavy atom. The third kappa shape index (κ3) is 3.69. The molecule has 110 valence electrons. The minimum atomic E-state index is -0.218. The van der Waals surface area contributed by atoms with Crippen LogP contribution in [-0.2, 0) is 0 Å². The van der Waals surface area contributed by atoms with Crippen LogP contribution in [0.2, 0.25) is 0 Å². The van der Waals surface area contributed by atoms with Gasteiger partial charge in [-0.2, -0.15) is 0 Å². The van der Waals surface area contributed by atoms with Gasteiger partial charge in [-0.25, -0.2) is 4.79 Å². The molecule has 7 heteroatoms. The predicted molar refractivity (Wildman–Crippen MR) is 83.7 cm³/mol. The first kappa shape index (κ1) is 13.8. The number of benzene rings is 1. The monoisotopic (exact) mass is 303 g/mol. The van der Waals surface area contributed by atoms with Gasteiger partial charge in [-0.15, -0.1) is 10.2 Å². The summed E-state index contributed by atoms with van der Waals surface area (Å²) in [4.78, 5) is 14.1. The fraction of sp³-hybridized carbons (Fsp3) is 0.357. The Hall–Kier alpha value is -2.15. The standard InChI is InChI=1S/C14H17N5OS/c20-13(17-14-18-16-10-21-14)15-8-11-6-7-19(9-11)12-4-2-1-3-5-12/h1-5,10-11H,6-9H2,(H2,15,17,18,20)/t11-/m1/s1. The van der Waals surface area contributed by atoms with E-state index >= 15 is 0 Å². The molecule has 1 aromatic heterocycles. The number of hydrogen-bond donors (Lipinski definition) is 2. The van der Waals surface area contributed by atoms with Crippen molar-refractivity contribution >= 4 is 28.2 Å². The minimum Gasteiger partial charge on any atom is -0.371 e. The number of amides is 2. The molecule has 1 saturated heterocycles. The molecule has 1 aliphatic rings. The van der Waals surface area contributed by atoms with Crippen molar-refractivity contribution < 1.29 is 4.79 Å². The molecule has 0 unspecified atom stereocenters. The van der Waals surface area contributed by atoms with Gasteiger partial charge in [0.25, 0.3) is 0 Å². The molecule has 1 fully saturated rings. The number of hydrogen-bond acceptors (Lipinski definition) is 5. The maximum absolute atomic E-state index is 11.7. The van der Waals surface area contributed by atoms with Crippen molar-refractivity contribution in [3.8, 4) is 0 Å². The van der Waals surface area contributed by atoms with Crippen LogP contribution >= 0.6 is 11.3 Å². The zero-order chi connectivity index (χ0) is 14.5. The molecule has 2 heterocycles. The van der Waals surface area contributed by atoms with Crippen molar-refractivity contribution in [1.29, 1.82) is 0 Å². The van der Waals surface area contributed by atoms with Crippen molar-refractivity contribution in [1.82, 2.24) is 15.5 Å². The van der Waals surface area contributed by atoms with Crippen LogP contribution in [0.25, 0.3) is 0 Å². The first-order valence-electron chi connectivity index (χ1n) is 6.92. The molecule has 0 bridgehead atoms. The van der Waals surface area contributed by atoms with Crippen LogP contribution in [0.15, 0.2) is 35.8 Å². The van der Waals surface area contributed by atoms with Gasteiger partial charge in [0, 0.05) is 25.3 Å². The summed E-state index contributed by atoms with van der Waals surface area (Å²) in [6.45, 7) is 2.69. The SMILES string of the molecule is O=C(NC[C@H]1CCN(c2ccccc2)C1)Nc1nncs1. The topological polar surface area (TPSA) is 70.2 Å². The number of nitrogens with zero attached hydrogens (tertiary/aromatic N) is 3. The number of aromatic nitrogens is 2. The van der Waals surface area contributed by atoms with E-state index in [-0.39, 0.29) is 6.03 Å². The van der Waals surface area contributed by atoms with E-state index < -0.39 is 0 Å². The van der Waals surface area contributed by atoms with Crippen molar-refractivity contribution in [3.05, 3.63) is 35.8 Å². The third-order valence-electron chi connectivity index (χ3n) is 3.54. The number of carbonyl (C=O) groups excluding carboxylic acids is 1. The molecule has 1 atom stereocenters. The van der Waals surface area contributed by atoms with Crippen molar-refractivity contribution in [2.75, 3.05) is 29.9 Å². The van der Waals surface area contributed by atoms with E-state index in [1.54, 1.807) is 5.51 Å². The summed E-state index contributed by atoms with van der Waals surface area (Å²) in [5.41, 5.74) is 2.84. The van der Waals surface area contributed by atoms with E-state index in [1.165, 1.54) is 17.0 Å². The lowest BCUT2D eigenvalue weighted by atomic mass is 10.1. The van der Waals surface area contributed by atoms with Gasteiger partial charge in [-0.3, -0.25) is 5.32 Å². The highest BCUT2D eigenvalue weighted by molar-refractivity contribution is 7.13. The predicted octanol–water partition coefficient (Wildman–Crippen LogP) is 2.19. The average molecular weight is 303 g/mol. The lowest BCUT2D eigenvalue weighted by Crippen LogP contribution is -2.34. The second-order valence-corrected chi connectivity index (χ2v) is 5.85. The Labute approximate surface area is 127 Å². The van der Waals surface area contributed by atoms with Gasteiger partial charge >= 0.3 is 6.03 Å². The number of rotatable bonds is 4. The average Bonchev–Trinajstić information content (AvgIpc) is 3.17. The lowest BCUT2D eigenvalue weighted by molar-refractivity contribution is 0.250. The minimum absolute atomic E-state index is 0.218. The van der Waals surface area contributed by atoms with Crippen LogP contribution in [0.5, 0.6) is 0 Å². The molecule has 0 aliphatic carbocycles. The summed E-state index contributed by atoms with van der Waals surface area (Å²) >= 11 is 1.30. The zero-order valence-corrected chi connectivity index (χ0v) is 12.3. The molecule has 1 aromatic carbocycles. The number of carbonyl (C=O) groups is 1. The largest absolute Gasteiger partial charge is 0.371 e. The Morgan fingerprint density at radius 1 is 1.38 bits per heavy atom. The molecular weight excluding hydrogens is 286 g/mol. The summed E-state index contributed by atoms with van der Waals surface area (Å²) in [5.74, 6) is 0.477. The lowest BCUT2D eigenvalue weighted by Gasteiger charge is -2.18. The van der Waals surface area contributed by atoms with Gasteiger partial charge in [0.2, 0.25) is 5.13 Å². The Morgan fingerprint density at radius 3 is 3.00 bits per heavy atom. The Bertz CT molecular complexity index is 574. The Balaban J connectivity index is 1.44. The van der Waals surface area contributed by atoms with Crippen LogP contribution in [0.3, 0.4) is 0 Å². The van der Waals surface area contributed by atoms with E-state index in [4.69, 9.17) is 0 Å². The van der Waals surface area contributed by atoms with E-state index in [2.05, 4.69) is 50.0 Å². The molecule has 1 aliphatic heterocycles. The van der Waals surface area contributed by atoms with Crippen LogP contribution in [0.4, 0.5) is 15.6 Å². The molecule has 0 saturated carbocycles. The number of urea groups is 1. The summed E-state index contributed by atoms with van der Waals surface area (Å²) in [6.07, 6.45) is 1.09. The molecule has 0 radical (unpaired) electrons. The molecule has 2 aromatic rings. The van der Waals surface area contributed by atoms with Crippen molar-refractivity contribution in [2.24, 2.45) is 5.92 Å². The smallest absolute Gasteiger partial charge is 0.321 e. The summed E-state index contributed by atoms with van der Waals surface area (Å²) < 4.78 is 0. The zero-order valence-electron chi connectivity index (χ0n) is 11.5. The highest BCUT2D eigenvalue weighted by Crippen LogP contribution is 2.22. The van der Waals surface area contributed by atoms with Crippen molar-refractivity contribution in [3.63, 3.8) is 0 Å². The normalized spacial score (nSPS) is 17.7. The van der Waals surface area contributed by atoms with Gasteiger partial charge in [0.05, 0.1) is 0 Å². The fourth-order valence-corrected chi connectivity index (χ4v) is 2.92. The Kier molecular flexibility index (Phi) is 4.30. The maximum atomic E-state index is 11.7. The van der Waals surface area contributed by atoms with E-state index in [1.807, 2.05) is 6.07 Å². The molecule has 2 amide bonds. The van der Waals surface area contributed by atoms with Gasteiger partial charge < -0.3 is 10.2 Å². The van der Waals surface area contributed by atoms with E-state index in [0.29, 0.717) is 17.6 Å². The van der Waals surface area contributed by atoms with Gasteiger partial charge in [0.1, 0.15) is 5.51 Å². The van der Waals surface area contributed by atoms with Crippen LogP contribution in [0.1, 0.15) is 6.42 Å². The first-order chi connectivity index (χ1) is 10.3. The molecule has 2 N–H and O–H groups in total. The molecule has 3 rings (SSSR count). The van der Waals surface area contributed by atoms with Crippen LogP contribution < -0.4 is 15.5 Å². The second-order valence-electron chi connectivity index (χ2n) is 5.02. The summed E-state index contributed by atoms with van der Waals surface area (Å²) in [6, 6.07) is 10.2. The van der Waals surface area contributed by atoms with E-state index in [0.717, 1.165) is 19.5 Å². The third-order valence-corrected chi connectivity index (χ3v) is 4.15. The number of anilines is 2. The molecule has 6 nitrogen and oxygen atoms in total. The van der Waals surface area contributed by atoms with E-state index in [9.17, 15) is 4.79 Å². The first-order valence-corrected chi connectivity index (χ1v) is 7.80. The van der Waals surface area contributed by atoms with Gasteiger partial charge in [-0.05, 0) is 24.5 Å². The summed E-state index contributed by atoms with van der Waals surface area (Å²) in [7, 11) is 0. The highest BCUT2D eigenvalue weighted by atomic mass is 32.1. The van der Waals surface area contributed by atoms with Crippen molar-refractivity contribution in [2.45, 2.75) is 6.42 Å². The second kappa shape index (κ2) is 6.53. The molecule has 0 spiro atoms.